The molecule has 5 heteroatoms. The summed E-state index contributed by atoms with van der Waals surface area (Å²) in [5.41, 5.74) is 2.11. The van der Waals surface area contributed by atoms with Crippen LogP contribution in [0.1, 0.15) is 43.2 Å². The summed E-state index contributed by atoms with van der Waals surface area (Å²) in [5.74, 6) is 1.19. The summed E-state index contributed by atoms with van der Waals surface area (Å²) >= 11 is 0. The average molecular weight is 380 g/mol. The average Bonchev–Trinajstić information content (AvgIpc) is 2.67. The van der Waals surface area contributed by atoms with Crippen molar-refractivity contribution in [2.75, 3.05) is 7.11 Å². The van der Waals surface area contributed by atoms with Crippen molar-refractivity contribution < 1.29 is 13.9 Å². The van der Waals surface area contributed by atoms with Gasteiger partial charge < -0.3 is 14.8 Å². The van der Waals surface area contributed by atoms with Crippen molar-refractivity contribution in [3.63, 3.8) is 0 Å². The lowest BCUT2D eigenvalue weighted by atomic mass is 9.95. The number of hydrogen-bond donors (Lipinski definition) is 1. The molecule has 1 saturated carbocycles. The van der Waals surface area contributed by atoms with E-state index in [-0.39, 0.29) is 18.2 Å². The van der Waals surface area contributed by atoms with Crippen LogP contribution in [0.2, 0.25) is 0 Å². The normalized spacial score (nSPS) is 14.5. The Morgan fingerprint density at radius 3 is 2.35 bits per heavy atom. The summed E-state index contributed by atoms with van der Waals surface area (Å²) < 4.78 is 24.3. The van der Waals surface area contributed by atoms with E-state index in [0.29, 0.717) is 18.4 Å². The van der Waals surface area contributed by atoms with E-state index in [9.17, 15) is 4.39 Å². The maximum Gasteiger partial charge on any atom is 0.161 e. The molecule has 0 saturated heterocycles. The third kappa shape index (κ3) is 5.89. The summed E-state index contributed by atoms with van der Waals surface area (Å²) in [4.78, 5) is 0. The number of ether oxygens (including phenoxy) is 2. The van der Waals surface area contributed by atoms with Gasteiger partial charge in [0.25, 0.3) is 0 Å². The van der Waals surface area contributed by atoms with Gasteiger partial charge in [0.1, 0.15) is 12.4 Å². The molecule has 3 rings (SSSR count). The minimum Gasteiger partial charge on any atom is -0.493 e. The summed E-state index contributed by atoms with van der Waals surface area (Å²) in [6.45, 7) is 1.23. The molecule has 1 N–H and O–H groups in total. The number of hydrogen-bond acceptors (Lipinski definition) is 3. The van der Waals surface area contributed by atoms with Crippen LogP contribution in [0.15, 0.2) is 42.5 Å². The molecule has 0 aliphatic heterocycles. The summed E-state index contributed by atoms with van der Waals surface area (Å²) in [7, 11) is 1.65. The molecule has 2 aromatic carbocycles. The van der Waals surface area contributed by atoms with Gasteiger partial charge in [-0.1, -0.05) is 37.5 Å². The maximum atomic E-state index is 13.0. The minimum absolute atomic E-state index is 0. The Hall–Kier alpha value is -1.78. The van der Waals surface area contributed by atoms with Crippen molar-refractivity contribution in [1.29, 1.82) is 0 Å². The number of halogens is 2. The quantitative estimate of drug-likeness (QED) is 0.712. The zero-order chi connectivity index (χ0) is 17.5. The first-order chi connectivity index (χ1) is 12.2. The molecule has 0 amide bonds. The van der Waals surface area contributed by atoms with Crippen molar-refractivity contribution in [2.45, 2.75) is 51.3 Å². The Labute approximate surface area is 161 Å². The molecule has 0 radical (unpaired) electrons. The van der Waals surface area contributed by atoms with Crippen LogP contribution in [0.25, 0.3) is 0 Å². The summed E-state index contributed by atoms with van der Waals surface area (Å²) in [5, 5.41) is 3.64. The van der Waals surface area contributed by atoms with Crippen LogP contribution in [-0.4, -0.2) is 13.2 Å². The summed E-state index contributed by atoms with van der Waals surface area (Å²) in [6, 6.07) is 13.0. The third-order valence-corrected chi connectivity index (χ3v) is 4.74. The molecule has 1 aliphatic rings. The first-order valence-electron chi connectivity index (χ1n) is 9.02. The van der Waals surface area contributed by atoms with Crippen molar-refractivity contribution in [3.05, 3.63) is 59.4 Å². The molecular formula is C21H27ClFNO2. The molecule has 0 aromatic heterocycles. The van der Waals surface area contributed by atoms with Gasteiger partial charge in [-0.3, -0.25) is 0 Å². The van der Waals surface area contributed by atoms with Crippen molar-refractivity contribution in [2.24, 2.45) is 0 Å². The Morgan fingerprint density at radius 1 is 0.962 bits per heavy atom. The Bertz CT molecular complexity index is 672. The van der Waals surface area contributed by atoms with Crippen LogP contribution in [-0.2, 0) is 13.2 Å². The number of rotatable bonds is 7. The number of methoxy groups -OCH3 is 1. The largest absolute Gasteiger partial charge is 0.493 e. The minimum atomic E-state index is -0.240. The Balaban J connectivity index is 0.00000243. The standard InChI is InChI=1S/C21H26FNO2.ClH/c1-24-21-13-17(14-23-19-5-3-2-4-6-19)9-12-20(21)25-15-16-7-10-18(22)11-8-16;/h7-13,19,23H,2-6,14-15H2,1H3;1H. The molecule has 1 aliphatic carbocycles. The first kappa shape index (κ1) is 20.5. The molecule has 0 atom stereocenters. The second kappa shape index (κ2) is 10.4. The number of benzene rings is 2. The van der Waals surface area contributed by atoms with E-state index in [0.717, 1.165) is 17.9 Å². The van der Waals surface area contributed by atoms with Crippen molar-refractivity contribution in [1.82, 2.24) is 5.32 Å². The van der Waals surface area contributed by atoms with E-state index in [1.807, 2.05) is 12.1 Å². The van der Waals surface area contributed by atoms with E-state index in [1.165, 1.54) is 49.8 Å². The predicted octanol–water partition coefficient (Wildman–Crippen LogP) is 5.26. The summed E-state index contributed by atoms with van der Waals surface area (Å²) in [6.07, 6.45) is 6.58. The van der Waals surface area contributed by atoms with Crippen LogP contribution in [0, 0.1) is 5.82 Å². The highest BCUT2D eigenvalue weighted by atomic mass is 35.5. The smallest absolute Gasteiger partial charge is 0.161 e. The first-order valence-corrected chi connectivity index (χ1v) is 9.02. The molecule has 0 spiro atoms. The van der Waals surface area contributed by atoms with Gasteiger partial charge >= 0.3 is 0 Å². The van der Waals surface area contributed by atoms with Crippen LogP contribution in [0.3, 0.4) is 0 Å². The lowest BCUT2D eigenvalue weighted by Gasteiger charge is -2.23. The van der Waals surface area contributed by atoms with E-state index in [4.69, 9.17) is 9.47 Å². The Morgan fingerprint density at radius 2 is 1.65 bits per heavy atom. The highest BCUT2D eigenvalue weighted by Crippen LogP contribution is 2.29. The lowest BCUT2D eigenvalue weighted by molar-refractivity contribution is 0.284. The van der Waals surface area contributed by atoms with E-state index in [2.05, 4.69) is 11.4 Å². The van der Waals surface area contributed by atoms with Gasteiger partial charge in [0.15, 0.2) is 11.5 Å². The second-order valence-corrected chi connectivity index (χ2v) is 6.62. The molecular weight excluding hydrogens is 353 g/mol. The van der Waals surface area contributed by atoms with Gasteiger partial charge in [-0.05, 0) is 48.2 Å². The lowest BCUT2D eigenvalue weighted by Crippen LogP contribution is -2.30. The third-order valence-electron chi connectivity index (χ3n) is 4.74. The second-order valence-electron chi connectivity index (χ2n) is 6.62. The van der Waals surface area contributed by atoms with Gasteiger partial charge in [-0.25, -0.2) is 4.39 Å². The maximum absolute atomic E-state index is 13.0. The van der Waals surface area contributed by atoms with E-state index < -0.39 is 0 Å². The zero-order valence-corrected chi connectivity index (χ0v) is 16.0. The molecule has 26 heavy (non-hydrogen) atoms. The molecule has 1 fully saturated rings. The van der Waals surface area contributed by atoms with Crippen LogP contribution in [0.4, 0.5) is 4.39 Å². The molecule has 0 heterocycles. The zero-order valence-electron chi connectivity index (χ0n) is 15.2. The van der Waals surface area contributed by atoms with E-state index in [1.54, 1.807) is 19.2 Å². The van der Waals surface area contributed by atoms with Crippen molar-refractivity contribution in [3.8, 4) is 11.5 Å². The fraction of sp³-hybridized carbons (Fsp3) is 0.429. The highest BCUT2D eigenvalue weighted by Gasteiger charge is 2.13. The molecule has 0 unspecified atom stereocenters. The van der Waals surface area contributed by atoms with Crippen LogP contribution in [0.5, 0.6) is 11.5 Å². The molecule has 142 valence electrons. The predicted molar refractivity (Wildman–Crippen MR) is 105 cm³/mol. The Kier molecular flexibility index (Phi) is 8.20. The van der Waals surface area contributed by atoms with Crippen molar-refractivity contribution >= 4 is 12.4 Å². The monoisotopic (exact) mass is 379 g/mol. The van der Waals surface area contributed by atoms with Crippen LogP contribution < -0.4 is 14.8 Å². The topological polar surface area (TPSA) is 30.5 Å². The van der Waals surface area contributed by atoms with Gasteiger partial charge in [-0.15, -0.1) is 12.4 Å². The fourth-order valence-electron chi connectivity index (χ4n) is 3.25. The molecule has 2 aromatic rings. The van der Waals surface area contributed by atoms with E-state index >= 15 is 0 Å². The van der Waals surface area contributed by atoms with Crippen LogP contribution >= 0.6 is 12.4 Å². The number of nitrogens with one attached hydrogen (secondary N) is 1. The fourth-order valence-corrected chi connectivity index (χ4v) is 3.25. The van der Waals surface area contributed by atoms with Gasteiger partial charge in [0.2, 0.25) is 0 Å². The van der Waals surface area contributed by atoms with Gasteiger partial charge in [-0.2, -0.15) is 0 Å². The molecule has 3 nitrogen and oxygen atoms in total. The molecule has 0 bridgehead atoms. The SMILES string of the molecule is COc1cc(CNC2CCCCC2)ccc1OCc1ccc(F)cc1.Cl. The van der Waals surface area contributed by atoms with Gasteiger partial charge in [0.05, 0.1) is 7.11 Å². The van der Waals surface area contributed by atoms with Gasteiger partial charge in [0, 0.05) is 12.6 Å². The highest BCUT2D eigenvalue weighted by molar-refractivity contribution is 5.85.